The first-order chi connectivity index (χ1) is 12.5. The summed E-state index contributed by atoms with van der Waals surface area (Å²) in [5, 5.41) is 6.10. The molecule has 134 valence electrons. The summed E-state index contributed by atoms with van der Waals surface area (Å²) in [6, 6.07) is 10.5. The smallest absolute Gasteiger partial charge is 0.274 e. The van der Waals surface area contributed by atoms with Crippen molar-refractivity contribution in [2.45, 2.75) is 26.7 Å². The maximum atomic E-state index is 12.9. The summed E-state index contributed by atoms with van der Waals surface area (Å²) in [6.07, 6.45) is 3.25. The van der Waals surface area contributed by atoms with Crippen LogP contribution < -0.4 is 10.6 Å². The molecule has 0 saturated heterocycles. The molecule has 0 unspecified atom stereocenters. The molecule has 0 aliphatic heterocycles. The minimum absolute atomic E-state index is 0.171. The van der Waals surface area contributed by atoms with Crippen LogP contribution in [0, 0.1) is 0 Å². The molecule has 26 heavy (non-hydrogen) atoms. The summed E-state index contributed by atoms with van der Waals surface area (Å²) in [4.78, 5) is 28.7. The minimum Gasteiger partial charge on any atom is -0.326 e. The highest BCUT2D eigenvalue weighted by Crippen LogP contribution is 2.21. The minimum atomic E-state index is -0.275. The van der Waals surface area contributed by atoms with Gasteiger partial charge in [-0.2, -0.15) is 0 Å². The molecule has 2 aromatic heterocycles. The Balaban J connectivity index is 1.95. The average molecular weight is 371 g/mol. The first kappa shape index (κ1) is 17.9. The number of imidazole rings is 1. The number of anilines is 2. The Morgan fingerprint density at radius 3 is 2.58 bits per heavy atom. The van der Waals surface area contributed by atoms with Gasteiger partial charge in [0.25, 0.3) is 5.91 Å². The van der Waals surface area contributed by atoms with Crippen molar-refractivity contribution in [3.05, 3.63) is 59.0 Å². The number of carbonyl (C=O) groups excluding carboxylic acids is 2. The normalized spacial score (nSPS) is 10.7. The lowest BCUT2D eigenvalue weighted by atomic mass is 10.2. The number of nitrogens with zero attached hydrogens (tertiary/aromatic N) is 2. The van der Waals surface area contributed by atoms with E-state index < -0.39 is 0 Å². The summed E-state index contributed by atoms with van der Waals surface area (Å²) in [5.41, 5.74) is 3.07. The highest BCUT2D eigenvalue weighted by Gasteiger charge is 2.19. The molecular weight excluding hydrogens is 352 g/mol. The number of hydrogen-bond donors (Lipinski definition) is 2. The Morgan fingerprint density at radius 1 is 1.15 bits per heavy atom. The van der Waals surface area contributed by atoms with E-state index in [1.807, 2.05) is 6.92 Å². The van der Waals surface area contributed by atoms with E-state index in [2.05, 4.69) is 15.6 Å². The van der Waals surface area contributed by atoms with E-state index in [-0.39, 0.29) is 11.8 Å². The van der Waals surface area contributed by atoms with E-state index in [0.29, 0.717) is 34.2 Å². The van der Waals surface area contributed by atoms with Gasteiger partial charge in [0.15, 0.2) is 0 Å². The molecule has 0 saturated carbocycles. The van der Waals surface area contributed by atoms with Gasteiger partial charge in [-0.05, 0) is 36.8 Å². The number of fused-ring (bicyclic) bond motifs is 1. The molecular formula is C19H19ClN4O2. The highest BCUT2D eigenvalue weighted by atomic mass is 35.5. The number of halogens is 1. The Kier molecular flexibility index (Phi) is 5.23. The second kappa shape index (κ2) is 7.58. The third-order valence-corrected chi connectivity index (χ3v) is 4.02. The van der Waals surface area contributed by atoms with Crippen molar-refractivity contribution in [3.8, 4) is 0 Å². The standard InChI is InChI=1S/C19H19ClN4O2/c1-3-5-16-18(24-11-13(20)8-9-17(24)23-16)19(26)22-15-7-4-6-14(10-15)21-12(2)25/h4,6-11H,3,5H2,1-2H3,(H,21,25)(H,22,26). The Labute approximate surface area is 156 Å². The summed E-state index contributed by atoms with van der Waals surface area (Å²) in [7, 11) is 0. The number of aryl methyl sites for hydroxylation is 1. The largest absolute Gasteiger partial charge is 0.326 e. The van der Waals surface area contributed by atoms with Gasteiger partial charge in [-0.3, -0.25) is 14.0 Å². The SMILES string of the molecule is CCCc1nc2ccc(Cl)cn2c1C(=O)Nc1cccc(NC(C)=O)c1. The predicted molar refractivity (Wildman–Crippen MR) is 103 cm³/mol. The Bertz CT molecular complexity index is 981. The first-order valence-electron chi connectivity index (χ1n) is 8.33. The molecule has 1 aromatic carbocycles. The summed E-state index contributed by atoms with van der Waals surface area (Å²) in [5.74, 6) is -0.446. The zero-order chi connectivity index (χ0) is 18.7. The lowest BCUT2D eigenvalue weighted by Crippen LogP contribution is -2.16. The van der Waals surface area contributed by atoms with Gasteiger partial charge in [-0.1, -0.05) is 31.0 Å². The van der Waals surface area contributed by atoms with Crippen molar-refractivity contribution < 1.29 is 9.59 Å². The molecule has 0 aliphatic rings. The van der Waals surface area contributed by atoms with Crippen molar-refractivity contribution in [1.82, 2.24) is 9.38 Å². The Morgan fingerprint density at radius 2 is 1.88 bits per heavy atom. The molecule has 3 rings (SSSR count). The van der Waals surface area contributed by atoms with E-state index in [1.165, 1.54) is 6.92 Å². The van der Waals surface area contributed by atoms with Crippen LogP contribution in [0.2, 0.25) is 5.02 Å². The molecule has 2 N–H and O–H groups in total. The fourth-order valence-corrected chi connectivity index (χ4v) is 2.95. The third-order valence-electron chi connectivity index (χ3n) is 3.80. The van der Waals surface area contributed by atoms with Crippen LogP contribution in [0.25, 0.3) is 5.65 Å². The molecule has 2 amide bonds. The van der Waals surface area contributed by atoms with Gasteiger partial charge < -0.3 is 10.6 Å². The lowest BCUT2D eigenvalue weighted by molar-refractivity contribution is -0.114. The van der Waals surface area contributed by atoms with Crippen LogP contribution in [0.15, 0.2) is 42.6 Å². The molecule has 0 radical (unpaired) electrons. The molecule has 0 aliphatic carbocycles. The van der Waals surface area contributed by atoms with Gasteiger partial charge in [-0.15, -0.1) is 0 Å². The highest BCUT2D eigenvalue weighted by molar-refractivity contribution is 6.30. The van der Waals surface area contributed by atoms with Crippen molar-refractivity contribution in [1.29, 1.82) is 0 Å². The van der Waals surface area contributed by atoms with Crippen LogP contribution in [0.5, 0.6) is 0 Å². The number of nitrogens with one attached hydrogen (secondary N) is 2. The van der Waals surface area contributed by atoms with Crippen molar-refractivity contribution >= 4 is 40.4 Å². The van der Waals surface area contributed by atoms with Crippen LogP contribution in [0.4, 0.5) is 11.4 Å². The van der Waals surface area contributed by atoms with E-state index in [1.54, 1.807) is 47.0 Å². The van der Waals surface area contributed by atoms with Gasteiger partial charge >= 0.3 is 0 Å². The molecule has 0 fully saturated rings. The van der Waals surface area contributed by atoms with Gasteiger partial charge in [0, 0.05) is 24.5 Å². The van der Waals surface area contributed by atoms with Crippen LogP contribution in [0.3, 0.4) is 0 Å². The van der Waals surface area contributed by atoms with Gasteiger partial charge in [0.05, 0.1) is 10.7 Å². The zero-order valence-corrected chi connectivity index (χ0v) is 15.3. The van der Waals surface area contributed by atoms with Crippen LogP contribution >= 0.6 is 11.6 Å². The molecule has 0 atom stereocenters. The lowest BCUT2D eigenvalue weighted by Gasteiger charge is -2.09. The number of amides is 2. The van der Waals surface area contributed by atoms with Crippen molar-refractivity contribution in [3.63, 3.8) is 0 Å². The maximum absolute atomic E-state index is 12.9. The monoisotopic (exact) mass is 370 g/mol. The molecule has 0 spiro atoms. The van der Waals surface area contributed by atoms with E-state index >= 15 is 0 Å². The van der Waals surface area contributed by atoms with Crippen LogP contribution in [0.1, 0.15) is 36.5 Å². The van der Waals surface area contributed by atoms with Gasteiger partial charge in [0.2, 0.25) is 5.91 Å². The first-order valence-corrected chi connectivity index (χ1v) is 8.71. The third kappa shape index (κ3) is 3.86. The van der Waals surface area contributed by atoms with Crippen LogP contribution in [-0.4, -0.2) is 21.2 Å². The Hall–Kier alpha value is -2.86. The maximum Gasteiger partial charge on any atom is 0.274 e. The fraction of sp³-hybridized carbons (Fsp3) is 0.211. The number of benzene rings is 1. The second-order valence-electron chi connectivity index (χ2n) is 5.95. The number of rotatable bonds is 5. The topological polar surface area (TPSA) is 75.5 Å². The van der Waals surface area contributed by atoms with Gasteiger partial charge in [-0.25, -0.2) is 4.98 Å². The molecule has 3 aromatic rings. The van der Waals surface area contributed by atoms with Crippen molar-refractivity contribution in [2.75, 3.05) is 10.6 Å². The number of hydrogen-bond acceptors (Lipinski definition) is 3. The number of pyridine rings is 1. The van der Waals surface area contributed by atoms with E-state index in [0.717, 1.165) is 12.1 Å². The summed E-state index contributed by atoms with van der Waals surface area (Å²) in [6.45, 7) is 3.47. The van der Waals surface area contributed by atoms with Gasteiger partial charge in [0.1, 0.15) is 11.3 Å². The molecule has 7 heteroatoms. The predicted octanol–water partition coefficient (Wildman–Crippen LogP) is 4.15. The van der Waals surface area contributed by atoms with Crippen molar-refractivity contribution in [2.24, 2.45) is 0 Å². The summed E-state index contributed by atoms with van der Waals surface area (Å²) < 4.78 is 1.71. The average Bonchev–Trinajstić information content (AvgIpc) is 2.92. The molecule has 0 bridgehead atoms. The zero-order valence-electron chi connectivity index (χ0n) is 14.5. The summed E-state index contributed by atoms with van der Waals surface area (Å²) >= 11 is 6.09. The number of carbonyl (C=O) groups is 2. The quantitative estimate of drug-likeness (QED) is 0.708. The molecule has 2 heterocycles. The number of aromatic nitrogens is 2. The second-order valence-corrected chi connectivity index (χ2v) is 6.39. The van der Waals surface area contributed by atoms with Crippen LogP contribution in [-0.2, 0) is 11.2 Å². The molecule has 6 nitrogen and oxygen atoms in total. The fourth-order valence-electron chi connectivity index (χ4n) is 2.79. The van der Waals surface area contributed by atoms with E-state index in [4.69, 9.17) is 11.6 Å². The van der Waals surface area contributed by atoms with E-state index in [9.17, 15) is 9.59 Å².